The van der Waals surface area contributed by atoms with Gasteiger partial charge >= 0.3 is 12.1 Å². The van der Waals surface area contributed by atoms with Crippen molar-refractivity contribution in [1.82, 2.24) is 5.32 Å². The summed E-state index contributed by atoms with van der Waals surface area (Å²) in [6.45, 7) is 3.42. The van der Waals surface area contributed by atoms with Crippen LogP contribution in [0.4, 0.5) is 18.9 Å². The van der Waals surface area contributed by atoms with Crippen LogP contribution < -0.4 is 19.5 Å². The van der Waals surface area contributed by atoms with Crippen molar-refractivity contribution >= 4 is 21.6 Å². The van der Waals surface area contributed by atoms with Gasteiger partial charge in [-0.25, -0.2) is 8.42 Å². The van der Waals surface area contributed by atoms with Crippen molar-refractivity contribution in [2.24, 2.45) is 0 Å². The Morgan fingerprint density at radius 2 is 1.87 bits per heavy atom. The molecular weight excluding hydrogens is 437 g/mol. The molecule has 0 aliphatic carbocycles. The Balaban J connectivity index is 1.93. The monoisotopic (exact) mass is 458 g/mol. The average Bonchev–Trinajstić information content (AvgIpc) is 2.68. The summed E-state index contributed by atoms with van der Waals surface area (Å²) >= 11 is 0. The molecule has 1 aliphatic heterocycles. The van der Waals surface area contributed by atoms with Crippen LogP contribution in [0.25, 0.3) is 0 Å². The van der Waals surface area contributed by atoms with Gasteiger partial charge in [0.15, 0.2) is 0 Å². The highest BCUT2D eigenvalue weighted by Crippen LogP contribution is 2.39. The topological polar surface area (TPSA) is 93.7 Å². The van der Waals surface area contributed by atoms with Gasteiger partial charge in [-0.3, -0.25) is 9.52 Å². The normalized spacial score (nSPS) is 16.1. The van der Waals surface area contributed by atoms with Crippen LogP contribution in [-0.4, -0.2) is 40.3 Å². The number of halogens is 3. The predicted molar refractivity (Wildman–Crippen MR) is 107 cm³/mol. The van der Waals surface area contributed by atoms with Crippen molar-refractivity contribution in [3.63, 3.8) is 0 Å². The first-order valence-corrected chi connectivity index (χ1v) is 10.7. The molecule has 1 unspecified atom stereocenters. The molecule has 31 heavy (non-hydrogen) atoms. The van der Waals surface area contributed by atoms with E-state index in [-0.39, 0.29) is 35.0 Å². The highest BCUT2D eigenvalue weighted by Gasteiger charge is 2.41. The number of rotatable bonds is 5. The van der Waals surface area contributed by atoms with Gasteiger partial charge in [0, 0.05) is 17.7 Å². The number of benzene rings is 2. The van der Waals surface area contributed by atoms with Crippen molar-refractivity contribution in [3.8, 4) is 11.5 Å². The number of aryl methyl sites for hydroxylation is 2. The number of hydrogen-bond donors (Lipinski definition) is 2. The molecule has 3 rings (SSSR count). The summed E-state index contributed by atoms with van der Waals surface area (Å²) in [6, 6.07) is 6.79. The predicted octanol–water partition coefficient (Wildman–Crippen LogP) is 3.09. The van der Waals surface area contributed by atoms with E-state index >= 15 is 0 Å². The van der Waals surface area contributed by atoms with Crippen LogP contribution in [0, 0.1) is 13.8 Å². The summed E-state index contributed by atoms with van der Waals surface area (Å²) in [5.74, 6) is -1.87. The first-order valence-electron chi connectivity index (χ1n) is 9.23. The summed E-state index contributed by atoms with van der Waals surface area (Å²) in [4.78, 5) is 11.1. The number of sulfonamides is 1. The van der Waals surface area contributed by atoms with E-state index in [4.69, 9.17) is 9.47 Å². The van der Waals surface area contributed by atoms with Crippen LogP contribution in [-0.2, 0) is 21.2 Å². The van der Waals surface area contributed by atoms with Gasteiger partial charge in [0.05, 0.1) is 13.2 Å². The smallest absolute Gasteiger partial charge is 0.471 e. The number of anilines is 1. The fraction of sp³-hybridized carbons (Fsp3) is 0.350. The second-order valence-corrected chi connectivity index (χ2v) is 8.81. The lowest BCUT2D eigenvalue weighted by atomic mass is 10.0. The van der Waals surface area contributed by atoms with Crippen LogP contribution in [0.3, 0.4) is 0 Å². The number of carbonyl (C=O) groups excluding carboxylic acids is 1. The molecule has 0 saturated heterocycles. The molecule has 1 amide bonds. The highest BCUT2D eigenvalue weighted by molar-refractivity contribution is 7.92. The van der Waals surface area contributed by atoms with Crippen LogP contribution in [0.5, 0.6) is 11.5 Å². The SMILES string of the molecule is COc1ccc(S(=O)(=O)Nc2ccc(C)c(C)c2)c2c1CC(NC(=O)C(F)(F)F)CO2. The van der Waals surface area contributed by atoms with Crippen LogP contribution >= 0.6 is 0 Å². The quantitative estimate of drug-likeness (QED) is 0.718. The number of methoxy groups -OCH3 is 1. The van der Waals surface area contributed by atoms with Gasteiger partial charge in [-0.2, -0.15) is 13.2 Å². The van der Waals surface area contributed by atoms with E-state index in [0.717, 1.165) is 11.1 Å². The first-order chi connectivity index (χ1) is 14.4. The maximum atomic E-state index is 13.0. The number of carbonyl (C=O) groups is 1. The minimum absolute atomic E-state index is 0.0202. The molecule has 1 atom stereocenters. The largest absolute Gasteiger partial charge is 0.496 e. The Kier molecular flexibility index (Phi) is 6.08. The lowest BCUT2D eigenvalue weighted by molar-refractivity contribution is -0.174. The van der Waals surface area contributed by atoms with Crippen molar-refractivity contribution in [2.75, 3.05) is 18.4 Å². The Morgan fingerprint density at radius 1 is 1.16 bits per heavy atom. The van der Waals surface area contributed by atoms with E-state index in [0.29, 0.717) is 5.69 Å². The van der Waals surface area contributed by atoms with Gasteiger partial charge in [-0.1, -0.05) is 6.07 Å². The van der Waals surface area contributed by atoms with E-state index in [1.807, 2.05) is 19.2 Å². The van der Waals surface area contributed by atoms with Gasteiger partial charge in [-0.15, -0.1) is 0 Å². The lowest BCUT2D eigenvalue weighted by Crippen LogP contribution is -2.48. The van der Waals surface area contributed by atoms with Crippen molar-refractivity contribution in [2.45, 2.75) is 37.4 Å². The number of alkyl halides is 3. The standard InChI is InChI=1S/C20H21F3N2O5S/c1-11-4-5-13(8-12(11)2)25-31(27,28)17-7-6-16(29-3)15-9-14(10-30-18(15)17)24-19(26)20(21,22)23/h4-8,14,25H,9-10H2,1-3H3,(H,24,26). The molecule has 11 heteroatoms. The summed E-state index contributed by atoms with van der Waals surface area (Å²) < 4.78 is 76.9. The molecule has 0 aromatic heterocycles. The Labute approximate surface area is 177 Å². The Morgan fingerprint density at radius 3 is 2.48 bits per heavy atom. The van der Waals surface area contributed by atoms with E-state index in [2.05, 4.69) is 4.72 Å². The van der Waals surface area contributed by atoms with Crippen molar-refractivity contribution in [3.05, 3.63) is 47.0 Å². The summed E-state index contributed by atoms with van der Waals surface area (Å²) in [5.41, 5.74) is 2.51. The fourth-order valence-corrected chi connectivity index (χ4v) is 4.43. The van der Waals surface area contributed by atoms with Crippen molar-refractivity contribution < 1.29 is 35.9 Å². The molecule has 1 aliphatic rings. The molecule has 0 bridgehead atoms. The number of amides is 1. The fourth-order valence-electron chi connectivity index (χ4n) is 3.21. The van der Waals surface area contributed by atoms with E-state index in [1.54, 1.807) is 18.2 Å². The first kappa shape index (κ1) is 22.7. The highest BCUT2D eigenvalue weighted by atomic mass is 32.2. The maximum absolute atomic E-state index is 13.0. The van der Waals surface area contributed by atoms with E-state index < -0.39 is 28.1 Å². The second-order valence-electron chi connectivity index (χ2n) is 7.16. The van der Waals surface area contributed by atoms with E-state index in [9.17, 15) is 26.4 Å². The molecule has 2 aromatic carbocycles. The maximum Gasteiger partial charge on any atom is 0.471 e. The molecule has 0 radical (unpaired) electrons. The van der Waals surface area contributed by atoms with Crippen LogP contribution in [0.2, 0.25) is 0 Å². The molecule has 1 heterocycles. The summed E-state index contributed by atoms with van der Waals surface area (Å²) in [7, 11) is -2.73. The van der Waals surface area contributed by atoms with Gasteiger partial charge in [0.1, 0.15) is 23.0 Å². The van der Waals surface area contributed by atoms with Crippen LogP contribution in [0.1, 0.15) is 16.7 Å². The third-order valence-electron chi connectivity index (χ3n) is 4.92. The third-order valence-corrected chi connectivity index (χ3v) is 6.33. The Bertz CT molecular complexity index is 1120. The zero-order chi connectivity index (χ0) is 23.0. The summed E-state index contributed by atoms with van der Waals surface area (Å²) in [6.07, 6.45) is -5.13. The van der Waals surface area contributed by atoms with Gasteiger partial charge < -0.3 is 14.8 Å². The molecular formula is C20H21F3N2O5S. The molecule has 0 fully saturated rings. The minimum Gasteiger partial charge on any atom is -0.496 e. The number of ether oxygens (including phenoxy) is 2. The zero-order valence-corrected chi connectivity index (χ0v) is 17.8. The number of hydrogen-bond acceptors (Lipinski definition) is 5. The zero-order valence-electron chi connectivity index (χ0n) is 17.0. The molecule has 2 N–H and O–H groups in total. The molecule has 2 aromatic rings. The molecule has 0 saturated carbocycles. The Hall–Kier alpha value is -2.95. The third kappa shape index (κ3) is 4.87. The number of fused-ring (bicyclic) bond motifs is 1. The van der Waals surface area contributed by atoms with Gasteiger partial charge in [-0.05, 0) is 49.2 Å². The molecule has 7 nitrogen and oxygen atoms in total. The van der Waals surface area contributed by atoms with Gasteiger partial charge in [0.2, 0.25) is 0 Å². The van der Waals surface area contributed by atoms with Crippen molar-refractivity contribution in [1.29, 1.82) is 0 Å². The van der Waals surface area contributed by atoms with Gasteiger partial charge in [0.25, 0.3) is 10.0 Å². The molecule has 0 spiro atoms. The summed E-state index contributed by atoms with van der Waals surface area (Å²) in [5, 5.41) is 1.85. The average molecular weight is 458 g/mol. The number of nitrogens with one attached hydrogen (secondary N) is 2. The minimum atomic E-state index is -5.04. The molecule has 168 valence electrons. The van der Waals surface area contributed by atoms with Crippen LogP contribution in [0.15, 0.2) is 35.2 Å². The van der Waals surface area contributed by atoms with E-state index in [1.165, 1.54) is 19.2 Å². The lowest BCUT2D eigenvalue weighted by Gasteiger charge is -2.29. The second kappa shape index (κ2) is 8.29.